The minimum absolute atomic E-state index is 0.0265. The lowest BCUT2D eigenvalue weighted by atomic mass is 9.74. The summed E-state index contributed by atoms with van der Waals surface area (Å²) in [5.74, 6) is 0.604. The second-order valence-electron chi connectivity index (χ2n) is 7.06. The van der Waals surface area contributed by atoms with Crippen molar-refractivity contribution in [3.05, 3.63) is 54.1 Å². The van der Waals surface area contributed by atoms with Crippen LogP contribution in [0.25, 0.3) is 0 Å². The number of hydrogen-bond donors (Lipinski definition) is 2. The molecule has 6 heteroatoms. The van der Waals surface area contributed by atoms with E-state index in [4.69, 9.17) is 10.5 Å². The monoisotopic (exact) mass is 357 g/mol. The van der Waals surface area contributed by atoms with E-state index in [-0.39, 0.29) is 17.6 Å². The average molecular weight is 357 g/mol. The third-order valence-electron chi connectivity index (χ3n) is 4.85. The molecule has 1 saturated carbocycles. The van der Waals surface area contributed by atoms with Crippen LogP contribution in [0.5, 0.6) is 11.5 Å². The lowest BCUT2D eigenvalue weighted by Gasteiger charge is -2.37. The lowest BCUT2D eigenvalue weighted by molar-refractivity contribution is -0.128. The Balaban J connectivity index is 1.60. The number of amides is 1. The van der Waals surface area contributed by atoms with Crippen molar-refractivity contribution in [3.63, 3.8) is 0 Å². The molecule has 2 unspecified atom stereocenters. The Kier molecular flexibility index (Phi) is 5.52. The Bertz CT molecular complexity index is 762. The van der Waals surface area contributed by atoms with Crippen LogP contribution in [0.2, 0.25) is 0 Å². The Morgan fingerprint density at radius 3 is 2.81 bits per heavy atom. The molecule has 1 aliphatic rings. The molecule has 0 radical (unpaired) electrons. The molecular weight excluding hydrogens is 333 g/mol. The molecule has 1 aromatic heterocycles. The van der Waals surface area contributed by atoms with Crippen LogP contribution >= 0.6 is 0 Å². The summed E-state index contributed by atoms with van der Waals surface area (Å²) in [4.78, 5) is 16.8. The van der Waals surface area contributed by atoms with Crippen molar-refractivity contribution < 1.29 is 13.9 Å². The molecule has 3 rings (SSSR count). The maximum Gasteiger partial charge on any atom is 0.225 e. The number of halogens is 1. The molecule has 5 nitrogen and oxygen atoms in total. The Morgan fingerprint density at radius 1 is 1.31 bits per heavy atom. The number of ether oxygens (including phenoxy) is 1. The van der Waals surface area contributed by atoms with Crippen LogP contribution in [0.3, 0.4) is 0 Å². The van der Waals surface area contributed by atoms with Crippen molar-refractivity contribution >= 4 is 5.91 Å². The van der Waals surface area contributed by atoms with Crippen molar-refractivity contribution in [3.8, 4) is 11.5 Å². The number of carbonyl (C=O) groups is 1. The van der Waals surface area contributed by atoms with Gasteiger partial charge >= 0.3 is 0 Å². The third kappa shape index (κ3) is 4.58. The van der Waals surface area contributed by atoms with Gasteiger partial charge in [0.1, 0.15) is 17.3 Å². The van der Waals surface area contributed by atoms with Gasteiger partial charge in [-0.3, -0.25) is 9.78 Å². The molecule has 1 aliphatic carbocycles. The van der Waals surface area contributed by atoms with Crippen molar-refractivity contribution in [2.45, 2.75) is 44.7 Å². The second kappa shape index (κ2) is 7.83. The van der Waals surface area contributed by atoms with E-state index in [0.717, 1.165) is 25.7 Å². The minimum Gasteiger partial charge on any atom is -0.457 e. The number of carbonyl (C=O) groups excluding carboxylic acids is 1. The molecule has 0 bridgehead atoms. The van der Waals surface area contributed by atoms with Crippen LogP contribution in [0.1, 0.15) is 38.3 Å². The summed E-state index contributed by atoms with van der Waals surface area (Å²) in [5, 5.41) is 2.94. The van der Waals surface area contributed by atoms with Crippen LogP contribution in [0.4, 0.5) is 4.39 Å². The smallest absolute Gasteiger partial charge is 0.225 e. The Hall–Kier alpha value is -2.47. The van der Waals surface area contributed by atoms with Gasteiger partial charge in [0.05, 0.1) is 18.2 Å². The summed E-state index contributed by atoms with van der Waals surface area (Å²) in [7, 11) is 0. The number of aromatic nitrogens is 1. The summed E-state index contributed by atoms with van der Waals surface area (Å²) in [6.45, 7) is 2.26. The zero-order valence-electron chi connectivity index (χ0n) is 14.9. The fourth-order valence-corrected chi connectivity index (χ4v) is 3.34. The topological polar surface area (TPSA) is 77.2 Å². The second-order valence-corrected chi connectivity index (χ2v) is 7.06. The zero-order valence-corrected chi connectivity index (χ0v) is 14.9. The van der Waals surface area contributed by atoms with E-state index in [0.29, 0.717) is 23.7 Å². The molecule has 1 amide bonds. The third-order valence-corrected chi connectivity index (χ3v) is 4.85. The number of benzene rings is 1. The van der Waals surface area contributed by atoms with Crippen molar-refractivity contribution in [1.82, 2.24) is 10.3 Å². The molecule has 0 aliphatic heterocycles. The minimum atomic E-state index is -0.455. The van der Waals surface area contributed by atoms with Crippen molar-refractivity contribution in [2.24, 2.45) is 11.7 Å². The van der Waals surface area contributed by atoms with Crippen LogP contribution < -0.4 is 15.8 Å². The largest absolute Gasteiger partial charge is 0.457 e. The van der Waals surface area contributed by atoms with E-state index in [1.54, 1.807) is 30.5 Å². The first-order valence-corrected chi connectivity index (χ1v) is 8.89. The summed E-state index contributed by atoms with van der Waals surface area (Å²) in [6.07, 6.45) is 5.41. The predicted octanol–water partition coefficient (Wildman–Crippen LogP) is 3.54. The fourth-order valence-electron chi connectivity index (χ4n) is 3.34. The molecule has 26 heavy (non-hydrogen) atoms. The molecule has 1 fully saturated rings. The van der Waals surface area contributed by atoms with Gasteiger partial charge in [-0.25, -0.2) is 4.39 Å². The van der Waals surface area contributed by atoms with Gasteiger partial charge in [-0.05, 0) is 50.1 Å². The molecule has 2 aromatic rings. The SMILES string of the molecule is CC1(N)CCCCC1C(=O)NCc1cc(Oc2ccc(F)cc2)ccn1. The van der Waals surface area contributed by atoms with E-state index in [2.05, 4.69) is 10.3 Å². The summed E-state index contributed by atoms with van der Waals surface area (Å²) in [5.41, 5.74) is 6.52. The fraction of sp³-hybridized carbons (Fsp3) is 0.400. The highest BCUT2D eigenvalue weighted by Gasteiger charge is 2.37. The number of nitrogens with two attached hydrogens (primary N) is 1. The first-order valence-electron chi connectivity index (χ1n) is 8.89. The first kappa shape index (κ1) is 18.3. The normalized spacial score (nSPS) is 22.7. The van der Waals surface area contributed by atoms with Gasteiger partial charge in [0.25, 0.3) is 0 Å². The number of nitrogens with zero attached hydrogens (tertiary/aromatic N) is 1. The van der Waals surface area contributed by atoms with Gasteiger partial charge in [0.2, 0.25) is 5.91 Å². The molecule has 3 N–H and O–H groups in total. The molecule has 138 valence electrons. The van der Waals surface area contributed by atoms with Crippen molar-refractivity contribution in [1.29, 1.82) is 0 Å². The Morgan fingerprint density at radius 2 is 2.08 bits per heavy atom. The molecular formula is C20H24FN3O2. The van der Waals surface area contributed by atoms with E-state index in [1.165, 1.54) is 12.1 Å². The van der Waals surface area contributed by atoms with Gasteiger partial charge in [-0.15, -0.1) is 0 Å². The van der Waals surface area contributed by atoms with E-state index >= 15 is 0 Å². The summed E-state index contributed by atoms with van der Waals surface area (Å²) < 4.78 is 18.6. The number of rotatable bonds is 5. The van der Waals surface area contributed by atoms with Gasteiger partial charge in [-0.2, -0.15) is 0 Å². The number of pyridine rings is 1. The van der Waals surface area contributed by atoms with E-state index in [1.807, 2.05) is 6.92 Å². The van der Waals surface area contributed by atoms with Crippen LogP contribution in [-0.4, -0.2) is 16.4 Å². The highest BCUT2D eigenvalue weighted by Crippen LogP contribution is 2.31. The zero-order chi connectivity index (χ0) is 18.6. The van der Waals surface area contributed by atoms with E-state index in [9.17, 15) is 9.18 Å². The Labute approximate surface area is 152 Å². The number of nitrogens with one attached hydrogen (secondary N) is 1. The van der Waals surface area contributed by atoms with Crippen LogP contribution in [0.15, 0.2) is 42.6 Å². The van der Waals surface area contributed by atoms with E-state index < -0.39 is 5.54 Å². The first-order chi connectivity index (χ1) is 12.4. The molecule has 0 saturated heterocycles. The van der Waals surface area contributed by atoms with Gasteiger partial charge in [0.15, 0.2) is 0 Å². The molecule has 0 spiro atoms. The van der Waals surface area contributed by atoms with Crippen LogP contribution in [-0.2, 0) is 11.3 Å². The lowest BCUT2D eigenvalue weighted by Crippen LogP contribution is -2.52. The van der Waals surface area contributed by atoms with Gasteiger partial charge < -0.3 is 15.8 Å². The quantitative estimate of drug-likeness (QED) is 0.858. The number of hydrogen-bond acceptors (Lipinski definition) is 4. The average Bonchev–Trinajstić information content (AvgIpc) is 2.62. The summed E-state index contributed by atoms with van der Waals surface area (Å²) in [6, 6.07) is 9.26. The maximum atomic E-state index is 13.0. The molecule has 1 heterocycles. The highest BCUT2D eigenvalue weighted by molar-refractivity contribution is 5.80. The maximum absolute atomic E-state index is 13.0. The predicted molar refractivity (Wildman–Crippen MR) is 97.1 cm³/mol. The van der Waals surface area contributed by atoms with Crippen molar-refractivity contribution in [2.75, 3.05) is 0 Å². The highest BCUT2D eigenvalue weighted by atomic mass is 19.1. The standard InChI is InChI=1S/C20H24FN3O2/c1-20(22)10-3-2-4-18(20)19(25)24-13-15-12-17(9-11-23-15)26-16-7-5-14(21)6-8-16/h5-9,11-12,18H,2-4,10,13,22H2,1H3,(H,24,25). The van der Waals surface area contributed by atoms with Crippen LogP contribution in [0, 0.1) is 11.7 Å². The summed E-state index contributed by atoms with van der Waals surface area (Å²) >= 11 is 0. The van der Waals surface area contributed by atoms with Gasteiger partial charge in [-0.1, -0.05) is 12.8 Å². The molecule has 1 aromatic carbocycles. The molecule has 2 atom stereocenters. The van der Waals surface area contributed by atoms with Gasteiger partial charge in [0, 0.05) is 17.8 Å².